The Morgan fingerprint density at radius 2 is 1.56 bits per heavy atom. The molecule has 0 aliphatic rings. The molecule has 0 amide bonds. The zero-order chi connectivity index (χ0) is 17.6. The summed E-state index contributed by atoms with van der Waals surface area (Å²) in [5.41, 5.74) is 3.16. The molecular weight excluding hydrogens is 308 g/mol. The Labute approximate surface area is 150 Å². The van der Waals surface area contributed by atoms with Gasteiger partial charge in [0.15, 0.2) is 0 Å². The van der Waals surface area contributed by atoms with Gasteiger partial charge in [0.2, 0.25) is 0 Å². The van der Waals surface area contributed by atoms with Crippen molar-refractivity contribution in [3.63, 3.8) is 0 Å². The van der Waals surface area contributed by atoms with Crippen molar-refractivity contribution < 1.29 is 9.47 Å². The number of benzene rings is 2. The molecule has 0 atom stereocenters. The first-order valence-corrected chi connectivity index (χ1v) is 8.49. The minimum Gasteiger partial charge on any atom is -0.379 e. The molecule has 2 rings (SSSR count). The molecule has 0 N–H and O–H groups in total. The van der Waals surface area contributed by atoms with E-state index in [0.717, 1.165) is 23.1 Å². The largest absolute Gasteiger partial charge is 0.379 e. The molecule has 0 aromatic heterocycles. The molecule has 2 nitrogen and oxygen atoms in total. The van der Waals surface area contributed by atoms with Crippen molar-refractivity contribution in [1.82, 2.24) is 0 Å². The van der Waals surface area contributed by atoms with Gasteiger partial charge in [-0.3, -0.25) is 0 Å². The third kappa shape index (κ3) is 7.67. The van der Waals surface area contributed by atoms with Gasteiger partial charge < -0.3 is 9.47 Å². The summed E-state index contributed by atoms with van der Waals surface area (Å²) in [7, 11) is 0. The zero-order valence-corrected chi connectivity index (χ0v) is 14.5. The molecule has 0 spiro atoms. The van der Waals surface area contributed by atoms with Crippen LogP contribution in [-0.4, -0.2) is 26.4 Å². The molecule has 0 fully saturated rings. The summed E-state index contributed by atoms with van der Waals surface area (Å²) in [4.78, 5) is 0. The van der Waals surface area contributed by atoms with Gasteiger partial charge in [-0.1, -0.05) is 72.5 Å². The second kappa shape index (κ2) is 11.9. The molecule has 0 unspecified atom stereocenters. The van der Waals surface area contributed by atoms with Gasteiger partial charge in [0.1, 0.15) is 0 Å². The highest BCUT2D eigenvalue weighted by Gasteiger charge is 1.97. The van der Waals surface area contributed by atoms with Gasteiger partial charge in [0.25, 0.3) is 0 Å². The van der Waals surface area contributed by atoms with E-state index >= 15 is 0 Å². The number of allylic oxidation sites excluding steroid dienone is 1. The second-order valence-electron chi connectivity index (χ2n) is 5.36. The van der Waals surface area contributed by atoms with Crippen LogP contribution in [0.15, 0.2) is 79.4 Å². The topological polar surface area (TPSA) is 18.5 Å². The lowest BCUT2D eigenvalue weighted by molar-refractivity contribution is 0.0605. The average Bonchev–Trinajstić information content (AvgIpc) is 2.68. The molecule has 0 aliphatic carbocycles. The van der Waals surface area contributed by atoms with E-state index in [-0.39, 0.29) is 0 Å². The van der Waals surface area contributed by atoms with Crippen molar-refractivity contribution in [1.29, 1.82) is 0 Å². The summed E-state index contributed by atoms with van der Waals surface area (Å²) >= 11 is 0. The highest BCUT2D eigenvalue weighted by atomic mass is 16.5. The average molecular weight is 332 g/mol. The lowest BCUT2D eigenvalue weighted by atomic mass is 10.0. The minimum atomic E-state index is 0.566. The lowest BCUT2D eigenvalue weighted by Crippen LogP contribution is -2.04. The first-order chi connectivity index (χ1) is 12.4. The monoisotopic (exact) mass is 332 g/mol. The minimum absolute atomic E-state index is 0.566. The van der Waals surface area contributed by atoms with Crippen LogP contribution in [0.1, 0.15) is 17.5 Å². The van der Waals surface area contributed by atoms with E-state index in [9.17, 15) is 0 Å². The predicted molar refractivity (Wildman–Crippen MR) is 104 cm³/mol. The molecule has 2 aromatic carbocycles. The molecule has 0 saturated heterocycles. The van der Waals surface area contributed by atoms with Crippen LogP contribution in [-0.2, 0) is 9.47 Å². The van der Waals surface area contributed by atoms with E-state index in [1.54, 1.807) is 6.08 Å². The van der Waals surface area contributed by atoms with E-state index in [4.69, 9.17) is 9.47 Å². The number of hydrogen-bond donors (Lipinski definition) is 0. The van der Waals surface area contributed by atoms with Crippen LogP contribution in [0.4, 0.5) is 0 Å². The van der Waals surface area contributed by atoms with Crippen molar-refractivity contribution in [3.05, 3.63) is 90.5 Å². The van der Waals surface area contributed by atoms with Crippen LogP contribution in [0.2, 0.25) is 0 Å². The van der Waals surface area contributed by atoms with E-state index in [1.807, 2.05) is 48.5 Å². The summed E-state index contributed by atoms with van der Waals surface area (Å²) in [6.45, 7) is 6.02. The quantitative estimate of drug-likeness (QED) is 0.375. The summed E-state index contributed by atoms with van der Waals surface area (Å²) in [6, 6.07) is 20.3. The molecule has 0 saturated carbocycles. The van der Waals surface area contributed by atoms with Gasteiger partial charge in [-0.15, -0.1) is 6.58 Å². The SMILES string of the molecule is C=CCOCCOCC/C=C(\C#Cc1ccccc1)c1ccccc1. The molecule has 2 aromatic rings. The summed E-state index contributed by atoms with van der Waals surface area (Å²) in [5.74, 6) is 6.52. The number of ether oxygens (including phenoxy) is 2. The summed E-state index contributed by atoms with van der Waals surface area (Å²) < 4.78 is 10.9. The Balaban J connectivity index is 1.93. The lowest BCUT2D eigenvalue weighted by Gasteiger charge is -2.04. The van der Waals surface area contributed by atoms with Gasteiger partial charge in [-0.2, -0.15) is 0 Å². The van der Waals surface area contributed by atoms with Crippen molar-refractivity contribution in [2.45, 2.75) is 6.42 Å². The van der Waals surface area contributed by atoms with Crippen molar-refractivity contribution >= 4 is 5.57 Å². The Bertz CT molecular complexity index is 706. The van der Waals surface area contributed by atoms with E-state index < -0.39 is 0 Å². The Hall–Kier alpha value is -2.60. The molecule has 2 heteroatoms. The van der Waals surface area contributed by atoms with Crippen LogP contribution < -0.4 is 0 Å². The third-order valence-electron chi connectivity index (χ3n) is 3.42. The van der Waals surface area contributed by atoms with E-state index in [1.165, 1.54) is 0 Å². The third-order valence-corrected chi connectivity index (χ3v) is 3.42. The van der Waals surface area contributed by atoms with Gasteiger partial charge in [0.05, 0.1) is 26.4 Å². The van der Waals surface area contributed by atoms with Gasteiger partial charge in [-0.25, -0.2) is 0 Å². The van der Waals surface area contributed by atoms with Crippen LogP contribution >= 0.6 is 0 Å². The smallest absolute Gasteiger partial charge is 0.0704 e. The predicted octanol–water partition coefficient (Wildman–Crippen LogP) is 4.73. The van der Waals surface area contributed by atoms with Crippen LogP contribution in [0.3, 0.4) is 0 Å². The Morgan fingerprint density at radius 1 is 0.880 bits per heavy atom. The van der Waals surface area contributed by atoms with Gasteiger partial charge in [0, 0.05) is 11.1 Å². The number of hydrogen-bond acceptors (Lipinski definition) is 2. The highest BCUT2D eigenvalue weighted by molar-refractivity contribution is 5.79. The van der Waals surface area contributed by atoms with Gasteiger partial charge in [-0.05, 0) is 24.1 Å². The molecule has 0 heterocycles. The summed E-state index contributed by atoms with van der Waals surface area (Å²) in [6.07, 6.45) is 4.69. The van der Waals surface area contributed by atoms with Crippen LogP contribution in [0, 0.1) is 11.8 Å². The van der Waals surface area contributed by atoms with Crippen molar-refractivity contribution in [2.75, 3.05) is 26.4 Å². The standard InChI is InChI=1S/C23H24O2/c1-2-17-24-19-20-25-18-9-14-23(22-12-7-4-8-13-22)16-15-21-10-5-3-6-11-21/h2-8,10-14H,1,9,17-20H2/b23-14+. The maximum absolute atomic E-state index is 5.58. The molecule has 0 aliphatic heterocycles. The molecule has 128 valence electrons. The molecule has 25 heavy (non-hydrogen) atoms. The fourth-order valence-corrected chi connectivity index (χ4v) is 2.19. The van der Waals surface area contributed by atoms with Crippen LogP contribution in [0.25, 0.3) is 5.57 Å². The molecule has 0 bridgehead atoms. The second-order valence-corrected chi connectivity index (χ2v) is 5.36. The first-order valence-electron chi connectivity index (χ1n) is 8.49. The van der Waals surface area contributed by atoms with Crippen molar-refractivity contribution in [2.24, 2.45) is 0 Å². The first kappa shape index (κ1) is 18.7. The normalized spacial score (nSPS) is 10.8. The Morgan fingerprint density at radius 3 is 2.28 bits per heavy atom. The Kier molecular flexibility index (Phi) is 8.89. The fourth-order valence-electron chi connectivity index (χ4n) is 2.19. The maximum atomic E-state index is 5.58. The van der Waals surface area contributed by atoms with Gasteiger partial charge >= 0.3 is 0 Å². The maximum Gasteiger partial charge on any atom is 0.0704 e. The van der Waals surface area contributed by atoms with Crippen LogP contribution in [0.5, 0.6) is 0 Å². The molecule has 0 radical (unpaired) electrons. The number of rotatable bonds is 9. The molecular formula is C23H24O2. The van der Waals surface area contributed by atoms with E-state index in [2.05, 4.69) is 36.6 Å². The van der Waals surface area contributed by atoms with Crippen molar-refractivity contribution in [3.8, 4) is 11.8 Å². The van der Waals surface area contributed by atoms with E-state index in [0.29, 0.717) is 26.4 Å². The fraction of sp³-hybridized carbons (Fsp3) is 0.217. The zero-order valence-electron chi connectivity index (χ0n) is 14.5. The highest BCUT2D eigenvalue weighted by Crippen LogP contribution is 2.14. The summed E-state index contributed by atoms with van der Waals surface area (Å²) in [5, 5.41) is 0.